The molecule has 2 fully saturated rings. The second-order valence-corrected chi connectivity index (χ2v) is 8.66. The molecule has 2 aliphatic heterocycles. The first kappa shape index (κ1) is 23.0. The van der Waals surface area contributed by atoms with Gasteiger partial charge in [0.2, 0.25) is 17.7 Å². The molecule has 3 heterocycles. The van der Waals surface area contributed by atoms with Crippen LogP contribution in [0.25, 0.3) is 0 Å². The fourth-order valence-electron chi connectivity index (χ4n) is 4.70. The summed E-state index contributed by atoms with van der Waals surface area (Å²) < 4.78 is 19.8. The first-order chi connectivity index (χ1) is 15.9. The number of imide groups is 1. The van der Waals surface area contributed by atoms with E-state index in [0.717, 1.165) is 17.7 Å². The molecule has 0 radical (unpaired) electrons. The summed E-state index contributed by atoms with van der Waals surface area (Å²) in [4.78, 5) is 47.0. The molecule has 174 valence electrons. The summed E-state index contributed by atoms with van der Waals surface area (Å²) in [5, 5.41) is 0. The van der Waals surface area contributed by atoms with Crippen molar-refractivity contribution in [2.45, 2.75) is 50.7 Å². The Bertz CT molecular complexity index is 1030. The number of benzene rings is 1. The largest absolute Gasteiger partial charge is 0.376 e. The molecule has 3 amide bonds. The zero-order chi connectivity index (χ0) is 23.4. The topological polar surface area (TPSA) is 79.8 Å². The fraction of sp³-hybridized carbons (Fsp3) is 0.440. The molecule has 2 unspecified atom stereocenters. The van der Waals surface area contributed by atoms with E-state index in [-0.39, 0.29) is 37.3 Å². The summed E-state index contributed by atoms with van der Waals surface area (Å²) in [6.07, 6.45) is 4.63. The van der Waals surface area contributed by atoms with E-state index in [1.807, 2.05) is 6.92 Å². The number of carbonyl (C=O) groups excluding carboxylic acids is 3. The van der Waals surface area contributed by atoms with Gasteiger partial charge < -0.3 is 9.64 Å². The third-order valence-corrected chi connectivity index (χ3v) is 6.48. The van der Waals surface area contributed by atoms with Crippen LogP contribution in [0.4, 0.5) is 4.39 Å². The molecule has 4 rings (SSSR count). The van der Waals surface area contributed by atoms with Crippen LogP contribution >= 0.6 is 0 Å². The summed E-state index contributed by atoms with van der Waals surface area (Å²) >= 11 is 0. The number of hydrogen-bond donors (Lipinski definition) is 0. The molecule has 0 aliphatic carbocycles. The maximum absolute atomic E-state index is 14.2. The minimum atomic E-state index is -1.44. The molecule has 7 nitrogen and oxygen atoms in total. The Balaban J connectivity index is 1.64. The number of amides is 3. The Morgan fingerprint density at radius 3 is 2.82 bits per heavy atom. The lowest BCUT2D eigenvalue weighted by atomic mass is 9.75. The zero-order valence-electron chi connectivity index (χ0n) is 18.7. The maximum Gasteiger partial charge on any atom is 0.241 e. The van der Waals surface area contributed by atoms with Crippen molar-refractivity contribution >= 4 is 17.7 Å². The van der Waals surface area contributed by atoms with Crippen LogP contribution in [0, 0.1) is 5.82 Å². The van der Waals surface area contributed by atoms with E-state index in [2.05, 4.69) is 4.98 Å². The van der Waals surface area contributed by atoms with Crippen LogP contribution in [0.3, 0.4) is 0 Å². The number of aromatic nitrogens is 1. The standard InChI is InChI=1S/C25H28FN3O4/c1-2-28(17-21-9-5-11-33-21)22(30)13-25(19-7-3-8-20(26)12-19)14-23(31)29(24(25)32)16-18-6-4-10-27-15-18/h3-4,6-8,10,12,15,21H,2,5,9,11,13-14,16-17H2,1H3. The van der Waals surface area contributed by atoms with Crippen molar-refractivity contribution in [3.05, 3.63) is 65.7 Å². The van der Waals surface area contributed by atoms with Crippen LogP contribution in [0.2, 0.25) is 0 Å². The predicted molar refractivity (Wildman–Crippen MR) is 118 cm³/mol. The molecule has 0 saturated carbocycles. The first-order valence-electron chi connectivity index (χ1n) is 11.3. The van der Waals surface area contributed by atoms with Crippen LogP contribution in [-0.4, -0.2) is 58.3 Å². The normalized spacial score (nSPS) is 22.7. The van der Waals surface area contributed by atoms with Crippen LogP contribution in [0.1, 0.15) is 43.7 Å². The third-order valence-electron chi connectivity index (χ3n) is 6.48. The smallest absolute Gasteiger partial charge is 0.241 e. The number of nitrogens with zero attached hydrogens (tertiary/aromatic N) is 3. The second-order valence-electron chi connectivity index (χ2n) is 8.66. The van der Waals surface area contributed by atoms with Gasteiger partial charge >= 0.3 is 0 Å². The van der Waals surface area contributed by atoms with Gasteiger partial charge in [0.25, 0.3) is 0 Å². The van der Waals surface area contributed by atoms with Crippen molar-refractivity contribution in [3.63, 3.8) is 0 Å². The number of likely N-dealkylation sites (tertiary alicyclic amines) is 1. The first-order valence-corrected chi connectivity index (χ1v) is 11.3. The van der Waals surface area contributed by atoms with Gasteiger partial charge in [0.05, 0.1) is 18.1 Å². The highest BCUT2D eigenvalue weighted by Crippen LogP contribution is 2.41. The lowest BCUT2D eigenvalue weighted by molar-refractivity contribution is -0.143. The van der Waals surface area contributed by atoms with Gasteiger partial charge in [-0.25, -0.2) is 4.39 Å². The molecular weight excluding hydrogens is 425 g/mol. The van der Waals surface area contributed by atoms with Crippen molar-refractivity contribution in [1.82, 2.24) is 14.8 Å². The van der Waals surface area contributed by atoms with Crippen molar-refractivity contribution in [2.75, 3.05) is 19.7 Å². The lowest BCUT2D eigenvalue weighted by Gasteiger charge is -2.31. The van der Waals surface area contributed by atoms with Gasteiger partial charge in [0.1, 0.15) is 5.82 Å². The Morgan fingerprint density at radius 2 is 2.15 bits per heavy atom. The second kappa shape index (κ2) is 9.79. The highest BCUT2D eigenvalue weighted by molar-refractivity contribution is 6.10. The molecule has 1 aromatic carbocycles. The fourth-order valence-corrected chi connectivity index (χ4v) is 4.70. The summed E-state index contributed by atoms with van der Waals surface area (Å²) in [5.41, 5.74) is -0.396. The maximum atomic E-state index is 14.2. The van der Waals surface area contributed by atoms with Gasteiger partial charge in [-0.05, 0) is 49.1 Å². The zero-order valence-corrected chi connectivity index (χ0v) is 18.7. The Hall–Kier alpha value is -3.13. The van der Waals surface area contributed by atoms with Gasteiger partial charge in [-0.15, -0.1) is 0 Å². The van der Waals surface area contributed by atoms with E-state index in [4.69, 9.17) is 4.74 Å². The van der Waals surface area contributed by atoms with Crippen LogP contribution in [0.5, 0.6) is 0 Å². The monoisotopic (exact) mass is 453 g/mol. The Kier molecular flexibility index (Phi) is 6.83. The molecule has 0 bridgehead atoms. The highest BCUT2D eigenvalue weighted by atomic mass is 19.1. The summed E-state index contributed by atoms with van der Waals surface area (Å²) in [7, 11) is 0. The van der Waals surface area contributed by atoms with Gasteiger partial charge in [0.15, 0.2) is 0 Å². The molecule has 2 aliphatic rings. The van der Waals surface area contributed by atoms with Crippen molar-refractivity contribution < 1.29 is 23.5 Å². The van der Waals surface area contributed by atoms with Crippen molar-refractivity contribution in [3.8, 4) is 0 Å². The van der Waals surface area contributed by atoms with E-state index in [1.165, 1.54) is 18.2 Å². The average Bonchev–Trinajstić information content (AvgIpc) is 3.41. The molecule has 8 heteroatoms. The summed E-state index contributed by atoms with van der Waals surface area (Å²) in [6.45, 7) is 3.51. The SMILES string of the molecule is CCN(CC1CCCO1)C(=O)CC1(c2cccc(F)c2)CC(=O)N(Cc2cccnc2)C1=O. The molecule has 0 N–H and O–H groups in total. The van der Waals surface area contributed by atoms with Gasteiger partial charge in [-0.2, -0.15) is 0 Å². The van der Waals surface area contributed by atoms with E-state index >= 15 is 0 Å². The minimum absolute atomic E-state index is 0.0259. The number of likely N-dealkylation sites (N-methyl/N-ethyl adjacent to an activating group) is 1. The van der Waals surface area contributed by atoms with Crippen LogP contribution in [-0.2, 0) is 31.1 Å². The van der Waals surface area contributed by atoms with Crippen LogP contribution < -0.4 is 0 Å². The third kappa shape index (κ3) is 4.80. The van der Waals surface area contributed by atoms with Crippen LogP contribution in [0.15, 0.2) is 48.8 Å². The average molecular weight is 454 g/mol. The molecule has 2 atom stereocenters. The number of hydrogen-bond acceptors (Lipinski definition) is 5. The molecule has 1 aromatic heterocycles. The minimum Gasteiger partial charge on any atom is -0.376 e. The Labute approximate surface area is 192 Å². The van der Waals surface area contributed by atoms with Gasteiger partial charge in [-0.1, -0.05) is 18.2 Å². The number of carbonyl (C=O) groups is 3. The molecule has 2 aromatic rings. The van der Waals surface area contributed by atoms with E-state index < -0.39 is 17.1 Å². The van der Waals surface area contributed by atoms with Gasteiger partial charge in [-0.3, -0.25) is 24.3 Å². The van der Waals surface area contributed by atoms with E-state index in [0.29, 0.717) is 30.8 Å². The number of rotatable bonds is 8. The van der Waals surface area contributed by atoms with Gasteiger partial charge in [0, 0.05) is 44.9 Å². The Morgan fingerprint density at radius 1 is 1.30 bits per heavy atom. The van der Waals surface area contributed by atoms with E-state index in [9.17, 15) is 18.8 Å². The lowest BCUT2D eigenvalue weighted by Crippen LogP contribution is -2.45. The number of pyridine rings is 1. The van der Waals surface area contributed by atoms with Crippen molar-refractivity contribution in [1.29, 1.82) is 0 Å². The summed E-state index contributed by atoms with van der Waals surface area (Å²) in [5.74, 6) is -1.63. The summed E-state index contributed by atoms with van der Waals surface area (Å²) in [6, 6.07) is 9.16. The molecule has 0 spiro atoms. The van der Waals surface area contributed by atoms with Crippen molar-refractivity contribution in [2.24, 2.45) is 0 Å². The number of ether oxygens (including phenoxy) is 1. The molecular formula is C25H28FN3O4. The van der Waals surface area contributed by atoms with E-state index in [1.54, 1.807) is 35.5 Å². The quantitative estimate of drug-likeness (QED) is 0.575. The highest BCUT2D eigenvalue weighted by Gasteiger charge is 2.54. The number of halogens is 1. The molecule has 2 saturated heterocycles. The predicted octanol–water partition coefficient (Wildman–Crippen LogP) is 2.84. The molecule has 33 heavy (non-hydrogen) atoms.